The van der Waals surface area contributed by atoms with Gasteiger partial charge in [0, 0.05) is 6.54 Å². The van der Waals surface area contributed by atoms with Gasteiger partial charge in [-0.15, -0.1) is 0 Å². The Labute approximate surface area is 83.8 Å². The van der Waals surface area contributed by atoms with E-state index in [1.807, 2.05) is 0 Å². The van der Waals surface area contributed by atoms with Crippen molar-refractivity contribution in [3.8, 4) is 0 Å². The number of hydrogen-bond acceptors (Lipinski definition) is 2. The Hall–Kier alpha value is -1.14. The Balaban J connectivity index is 2.26. The molecular weight excluding hydrogens is 214 g/mol. The van der Waals surface area contributed by atoms with Crippen LogP contribution in [0.15, 0.2) is 24.3 Å². The van der Waals surface area contributed by atoms with Crippen LogP contribution in [0.4, 0.5) is 17.6 Å². The largest absolute Gasteiger partial charge is 0.413 e. The van der Waals surface area contributed by atoms with E-state index in [1.54, 1.807) is 6.07 Å². The van der Waals surface area contributed by atoms with Crippen molar-refractivity contribution in [3.05, 3.63) is 35.6 Å². The van der Waals surface area contributed by atoms with Crippen LogP contribution in [0.3, 0.4) is 0 Å². The Morgan fingerprint density at radius 2 is 2.00 bits per heavy atom. The average molecular weight is 223 g/mol. The molecular formula is C9H9F4NO. The normalized spacial score (nSPS) is 11.7. The van der Waals surface area contributed by atoms with Gasteiger partial charge in [0.05, 0.1) is 0 Å². The fraction of sp³-hybridized carbons (Fsp3) is 0.333. The van der Waals surface area contributed by atoms with Gasteiger partial charge < -0.3 is 0 Å². The number of halogens is 4. The minimum atomic E-state index is -4.37. The standard InChI is InChI=1S/C9H9F4NO/c10-8-3-1-2-7(4-8)5-14-15-6-9(11,12)13/h1-4,14H,5-6H2. The lowest BCUT2D eigenvalue weighted by molar-refractivity contribution is -0.190. The van der Waals surface area contributed by atoms with Gasteiger partial charge in [-0.25, -0.2) is 4.39 Å². The highest BCUT2D eigenvalue weighted by Gasteiger charge is 2.27. The number of nitrogens with one attached hydrogen (secondary N) is 1. The molecule has 1 N–H and O–H groups in total. The fourth-order valence-corrected chi connectivity index (χ4v) is 0.914. The summed E-state index contributed by atoms with van der Waals surface area (Å²) in [5, 5.41) is 0. The smallest absolute Gasteiger partial charge is 0.292 e. The first-order valence-corrected chi connectivity index (χ1v) is 4.13. The fourth-order valence-electron chi connectivity index (χ4n) is 0.914. The average Bonchev–Trinajstić information content (AvgIpc) is 2.11. The first kappa shape index (κ1) is 11.9. The van der Waals surface area contributed by atoms with Crippen LogP contribution in [-0.2, 0) is 11.4 Å². The van der Waals surface area contributed by atoms with Crippen LogP contribution in [0.25, 0.3) is 0 Å². The summed E-state index contributed by atoms with van der Waals surface area (Å²) < 4.78 is 47.5. The number of hydroxylamine groups is 1. The van der Waals surface area contributed by atoms with E-state index < -0.39 is 18.6 Å². The van der Waals surface area contributed by atoms with Crippen molar-refractivity contribution in [2.24, 2.45) is 0 Å². The zero-order chi connectivity index (χ0) is 11.3. The molecule has 1 aromatic carbocycles. The number of benzene rings is 1. The molecule has 0 fully saturated rings. The van der Waals surface area contributed by atoms with Gasteiger partial charge in [-0.05, 0) is 17.7 Å². The van der Waals surface area contributed by atoms with Gasteiger partial charge in [0.15, 0.2) is 6.61 Å². The van der Waals surface area contributed by atoms with E-state index in [4.69, 9.17) is 0 Å². The highest BCUT2D eigenvalue weighted by atomic mass is 19.4. The third kappa shape index (κ3) is 5.34. The quantitative estimate of drug-likeness (QED) is 0.480. The zero-order valence-electron chi connectivity index (χ0n) is 7.64. The molecule has 6 heteroatoms. The maximum Gasteiger partial charge on any atom is 0.413 e. The first-order valence-electron chi connectivity index (χ1n) is 4.13. The molecule has 84 valence electrons. The molecule has 0 aromatic heterocycles. The Bertz CT molecular complexity index is 313. The second kappa shape index (κ2) is 5.09. The van der Waals surface area contributed by atoms with Gasteiger partial charge in [-0.2, -0.15) is 18.7 Å². The van der Waals surface area contributed by atoms with Crippen LogP contribution in [0.1, 0.15) is 5.56 Å². The van der Waals surface area contributed by atoms with Crippen molar-refractivity contribution >= 4 is 0 Å². The minimum Gasteiger partial charge on any atom is -0.292 e. The van der Waals surface area contributed by atoms with Crippen LogP contribution in [0, 0.1) is 5.82 Å². The monoisotopic (exact) mass is 223 g/mol. The van der Waals surface area contributed by atoms with Crippen molar-refractivity contribution in [2.45, 2.75) is 12.7 Å². The van der Waals surface area contributed by atoms with Gasteiger partial charge in [0.2, 0.25) is 0 Å². The van der Waals surface area contributed by atoms with Crippen LogP contribution < -0.4 is 5.48 Å². The molecule has 0 saturated heterocycles. The molecule has 0 saturated carbocycles. The summed E-state index contributed by atoms with van der Waals surface area (Å²) in [6.45, 7) is -1.35. The van der Waals surface area contributed by atoms with E-state index in [9.17, 15) is 17.6 Å². The van der Waals surface area contributed by atoms with Gasteiger partial charge in [0.1, 0.15) is 5.82 Å². The van der Waals surface area contributed by atoms with Crippen LogP contribution in [0.5, 0.6) is 0 Å². The lowest BCUT2D eigenvalue weighted by atomic mass is 10.2. The third-order valence-corrected chi connectivity index (χ3v) is 1.50. The molecule has 0 heterocycles. The SMILES string of the molecule is Fc1cccc(CNOCC(F)(F)F)c1. The van der Waals surface area contributed by atoms with Gasteiger partial charge >= 0.3 is 6.18 Å². The van der Waals surface area contributed by atoms with Crippen molar-refractivity contribution < 1.29 is 22.4 Å². The highest BCUT2D eigenvalue weighted by molar-refractivity contribution is 5.15. The van der Waals surface area contributed by atoms with Crippen molar-refractivity contribution in [1.29, 1.82) is 0 Å². The predicted molar refractivity (Wildman–Crippen MR) is 45.2 cm³/mol. The third-order valence-electron chi connectivity index (χ3n) is 1.50. The molecule has 15 heavy (non-hydrogen) atoms. The molecule has 0 radical (unpaired) electrons. The van der Waals surface area contributed by atoms with E-state index in [0.29, 0.717) is 5.56 Å². The van der Waals surface area contributed by atoms with E-state index in [-0.39, 0.29) is 6.54 Å². The molecule has 0 unspecified atom stereocenters. The molecule has 0 bridgehead atoms. The van der Waals surface area contributed by atoms with Crippen LogP contribution in [-0.4, -0.2) is 12.8 Å². The Morgan fingerprint density at radius 3 is 2.60 bits per heavy atom. The molecule has 0 atom stereocenters. The van der Waals surface area contributed by atoms with Crippen molar-refractivity contribution in [1.82, 2.24) is 5.48 Å². The molecule has 0 spiro atoms. The summed E-state index contributed by atoms with van der Waals surface area (Å²) in [6, 6.07) is 5.51. The van der Waals surface area contributed by atoms with Crippen molar-refractivity contribution in [2.75, 3.05) is 6.61 Å². The Kier molecular flexibility index (Phi) is 4.05. The van der Waals surface area contributed by atoms with E-state index in [1.165, 1.54) is 18.2 Å². The summed E-state index contributed by atoms with van der Waals surface area (Å²) in [5.74, 6) is -0.440. The van der Waals surface area contributed by atoms with Gasteiger partial charge in [-0.1, -0.05) is 12.1 Å². The maximum atomic E-state index is 12.6. The van der Waals surface area contributed by atoms with Crippen LogP contribution in [0.2, 0.25) is 0 Å². The summed E-state index contributed by atoms with van der Waals surface area (Å²) in [5.41, 5.74) is 2.61. The molecule has 0 amide bonds. The first-order chi connectivity index (χ1) is 6.97. The zero-order valence-corrected chi connectivity index (χ0v) is 7.64. The maximum absolute atomic E-state index is 12.6. The van der Waals surface area contributed by atoms with Crippen molar-refractivity contribution in [3.63, 3.8) is 0 Å². The van der Waals surface area contributed by atoms with E-state index in [2.05, 4.69) is 10.3 Å². The highest BCUT2D eigenvalue weighted by Crippen LogP contribution is 2.13. The van der Waals surface area contributed by atoms with Crippen LogP contribution >= 0.6 is 0 Å². The lowest BCUT2D eigenvalue weighted by Gasteiger charge is -2.08. The van der Waals surface area contributed by atoms with E-state index in [0.717, 1.165) is 0 Å². The Morgan fingerprint density at radius 1 is 1.27 bits per heavy atom. The summed E-state index contributed by atoms with van der Waals surface area (Å²) in [7, 11) is 0. The number of alkyl halides is 3. The number of hydrogen-bond donors (Lipinski definition) is 1. The second-order valence-corrected chi connectivity index (χ2v) is 2.85. The molecule has 1 rings (SSSR count). The molecule has 0 aliphatic rings. The molecule has 0 aliphatic carbocycles. The minimum absolute atomic E-state index is 0.0217. The lowest BCUT2D eigenvalue weighted by Crippen LogP contribution is -2.24. The number of rotatable bonds is 4. The second-order valence-electron chi connectivity index (χ2n) is 2.85. The molecule has 1 aromatic rings. The van der Waals surface area contributed by atoms with Gasteiger partial charge in [0.25, 0.3) is 0 Å². The van der Waals surface area contributed by atoms with E-state index >= 15 is 0 Å². The molecule has 2 nitrogen and oxygen atoms in total. The summed E-state index contributed by atoms with van der Waals surface area (Å²) >= 11 is 0. The summed E-state index contributed by atoms with van der Waals surface area (Å²) in [4.78, 5) is 4.14. The molecule has 0 aliphatic heterocycles. The topological polar surface area (TPSA) is 21.3 Å². The van der Waals surface area contributed by atoms with Gasteiger partial charge in [-0.3, -0.25) is 4.84 Å². The summed E-state index contributed by atoms with van der Waals surface area (Å²) in [6.07, 6.45) is -4.37. The predicted octanol–water partition coefficient (Wildman–Crippen LogP) is 2.41.